The zero-order valence-electron chi connectivity index (χ0n) is 11.3. The van der Waals surface area contributed by atoms with Crippen molar-refractivity contribution in [1.29, 1.82) is 0 Å². The molecule has 1 saturated carbocycles. The maximum Gasteiger partial charge on any atom is 0.102 e. The van der Waals surface area contributed by atoms with Gasteiger partial charge in [0.1, 0.15) is 10.1 Å². The summed E-state index contributed by atoms with van der Waals surface area (Å²) in [4.78, 5) is 4.50. The number of nitrogens with one attached hydrogen (secondary N) is 1. The van der Waals surface area contributed by atoms with E-state index >= 15 is 0 Å². The second-order valence-electron chi connectivity index (χ2n) is 5.01. The fourth-order valence-electron chi connectivity index (χ4n) is 1.92. The Morgan fingerprint density at radius 1 is 1.42 bits per heavy atom. The van der Waals surface area contributed by atoms with Gasteiger partial charge in [-0.3, -0.25) is 4.68 Å². The maximum atomic E-state index is 4.50. The molecular weight excluding hydrogens is 256 g/mol. The highest BCUT2D eigenvalue weighted by Gasteiger charge is 2.19. The van der Waals surface area contributed by atoms with Crippen molar-refractivity contribution in [3.05, 3.63) is 35.7 Å². The molecule has 0 bridgehead atoms. The average molecular weight is 274 g/mol. The van der Waals surface area contributed by atoms with E-state index in [1.807, 2.05) is 24.9 Å². The van der Waals surface area contributed by atoms with E-state index in [0.29, 0.717) is 0 Å². The van der Waals surface area contributed by atoms with Crippen LogP contribution in [-0.2, 0) is 13.6 Å². The summed E-state index contributed by atoms with van der Waals surface area (Å²) in [6.45, 7) is 2.93. The molecule has 19 heavy (non-hydrogen) atoms. The fraction of sp³-hybridized carbons (Fsp3) is 0.429. The lowest BCUT2D eigenvalue weighted by Crippen LogP contribution is -2.15. The maximum absolute atomic E-state index is 4.50. The second-order valence-corrected chi connectivity index (χ2v) is 6.05. The molecule has 0 saturated heterocycles. The molecule has 2 aromatic rings. The van der Waals surface area contributed by atoms with Gasteiger partial charge < -0.3 is 5.32 Å². The molecule has 0 amide bonds. The Kier molecular flexibility index (Phi) is 3.57. The Morgan fingerprint density at radius 3 is 2.84 bits per heavy atom. The minimum Gasteiger partial charge on any atom is -0.310 e. The van der Waals surface area contributed by atoms with Gasteiger partial charge in [-0.05, 0) is 37.5 Å². The third kappa shape index (κ3) is 3.36. The van der Waals surface area contributed by atoms with E-state index in [9.17, 15) is 0 Å². The summed E-state index contributed by atoms with van der Waals surface area (Å²) in [5.41, 5.74) is 2.28. The lowest BCUT2D eigenvalue weighted by Gasteiger charge is -2.04. The van der Waals surface area contributed by atoms with Gasteiger partial charge >= 0.3 is 0 Å². The predicted octanol–water partition coefficient (Wildman–Crippen LogP) is 2.53. The largest absolute Gasteiger partial charge is 0.310 e. The summed E-state index contributed by atoms with van der Waals surface area (Å²) in [7, 11) is 1.96. The number of hydrogen-bond donors (Lipinski definition) is 1. The summed E-state index contributed by atoms with van der Waals surface area (Å²) in [5.74, 6) is 0. The standard InChI is InChI=1S/C14H18N4S/c1-10-7-14(18(2)17-10)19-13-6-3-11(9-16-13)8-15-12-4-5-12/h3,6-7,9,12,15H,4-5,8H2,1-2H3. The van der Waals surface area contributed by atoms with Crippen LogP contribution < -0.4 is 5.32 Å². The van der Waals surface area contributed by atoms with E-state index in [1.165, 1.54) is 18.4 Å². The van der Waals surface area contributed by atoms with Crippen molar-refractivity contribution in [3.8, 4) is 0 Å². The highest BCUT2D eigenvalue weighted by molar-refractivity contribution is 7.99. The smallest absolute Gasteiger partial charge is 0.102 e. The van der Waals surface area contributed by atoms with Crippen molar-refractivity contribution in [2.75, 3.05) is 0 Å². The molecule has 1 aliphatic rings. The highest BCUT2D eigenvalue weighted by atomic mass is 32.2. The van der Waals surface area contributed by atoms with Gasteiger partial charge in [0.2, 0.25) is 0 Å². The molecule has 1 N–H and O–H groups in total. The number of rotatable bonds is 5. The van der Waals surface area contributed by atoms with Gasteiger partial charge in [0.05, 0.1) is 5.69 Å². The summed E-state index contributed by atoms with van der Waals surface area (Å²) < 4.78 is 1.89. The monoisotopic (exact) mass is 274 g/mol. The van der Waals surface area contributed by atoms with Gasteiger partial charge in [-0.25, -0.2) is 4.98 Å². The van der Waals surface area contributed by atoms with Crippen LogP contribution in [0.4, 0.5) is 0 Å². The van der Waals surface area contributed by atoms with Crippen molar-refractivity contribution in [2.24, 2.45) is 7.05 Å². The van der Waals surface area contributed by atoms with Crippen LogP contribution in [0.15, 0.2) is 34.4 Å². The zero-order valence-corrected chi connectivity index (χ0v) is 12.1. The van der Waals surface area contributed by atoms with Crippen LogP contribution in [0.2, 0.25) is 0 Å². The van der Waals surface area contributed by atoms with Crippen molar-refractivity contribution in [3.63, 3.8) is 0 Å². The Bertz CT molecular complexity index is 557. The molecular formula is C14H18N4S. The van der Waals surface area contributed by atoms with E-state index in [4.69, 9.17) is 0 Å². The van der Waals surface area contributed by atoms with E-state index in [-0.39, 0.29) is 0 Å². The van der Waals surface area contributed by atoms with E-state index in [2.05, 4.69) is 33.6 Å². The van der Waals surface area contributed by atoms with Crippen LogP contribution in [0.1, 0.15) is 24.1 Å². The molecule has 0 spiro atoms. The van der Waals surface area contributed by atoms with Gasteiger partial charge in [-0.1, -0.05) is 17.8 Å². The lowest BCUT2D eigenvalue weighted by atomic mass is 10.3. The number of nitrogens with zero attached hydrogens (tertiary/aromatic N) is 3. The van der Waals surface area contributed by atoms with Gasteiger partial charge in [-0.2, -0.15) is 5.10 Å². The zero-order chi connectivity index (χ0) is 13.2. The third-order valence-corrected chi connectivity index (χ3v) is 4.18. The SMILES string of the molecule is Cc1cc(Sc2ccc(CNC3CC3)cn2)n(C)n1. The van der Waals surface area contributed by atoms with Gasteiger partial charge in [0.15, 0.2) is 0 Å². The molecule has 1 aliphatic carbocycles. The summed E-state index contributed by atoms with van der Waals surface area (Å²) in [6.07, 6.45) is 4.60. The highest BCUT2D eigenvalue weighted by Crippen LogP contribution is 2.26. The number of hydrogen-bond acceptors (Lipinski definition) is 4. The number of aromatic nitrogens is 3. The first-order valence-electron chi connectivity index (χ1n) is 6.57. The molecule has 0 aromatic carbocycles. The second kappa shape index (κ2) is 5.35. The molecule has 0 radical (unpaired) electrons. The van der Waals surface area contributed by atoms with Gasteiger partial charge in [-0.15, -0.1) is 0 Å². The first-order chi connectivity index (χ1) is 9.20. The molecule has 1 fully saturated rings. The molecule has 5 heteroatoms. The molecule has 0 aliphatic heterocycles. The minimum atomic E-state index is 0.742. The first kappa shape index (κ1) is 12.7. The molecule has 0 unspecified atom stereocenters. The van der Waals surface area contributed by atoms with Gasteiger partial charge in [0, 0.05) is 25.8 Å². The Hall–Kier alpha value is -1.33. The molecule has 3 rings (SSSR count). The Balaban J connectivity index is 1.63. The van der Waals surface area contributed by atoms with Crippen LogP contribution in [0.25, 0.3) is 0 Å². The Morgan fingerprint density at radius 2 is 2.26 bits per heavy atom. The normalized spacial score (nSPS) is 14.8. The molecule has 2 heterocycles. The summed E-state index contributed by atoms with van der Waals surface area (Å²) in [5, 5.41) is 9.96. The first-order valence-corrected chi connectivity index (χ1v) is 7.39. The summed E-state index contributed by atoms with van der Waals surface area (Å²) >= 11 is 1.65. The van der Waals surface area contributed by atoms with E-state index < -0.39 is 0 Å². The van der Waals surface area contributed by atoms with Crippen LogP contribution >= 0.6 is 11.8 Å². The van der Waals surface area contributed by atoms with Crippen LogP contribution in [-0.4, -0.2) is 20.8 Å². The van der Waals surface area contributed by atoms with E-state index in [1.54, 1.807) is 11.8 Å². The summed E-state index contributed by atoms with van der Waals surface area (Å²) in [6, 6.07) is 7.05. The van der Waals surface area contributed by atoms with Crippen molar-refractivity contribution in [1.82, 2.24) is 20.1 Å². The predicted molar refractivity (Wildman–Crippen MR) is 76.2 cm³/mol. The van der Waals surface area contributed by atoms with E-state index in [0.717, 1.165) is 28.3 Å². The number of aryl methyl sites for hydroxylation is 2. The van der Waals surface area contributed by atoms with Crippen LogP contribution in [0.5, 0.6) is 0 Å². The average Bonchev–Trinajstić information content (AvgIpc) is 3.16. The fourth-order valence-corrected chi connectivity index (χ4v) is 2.77. The quantitative estimate of drug-likeness (QED) is 0.910. The van der Waals surface area contributed by atoms with Gasteiger partial charge in [0.25, 0.3) is 0 Å². The topological polar surface area (TPSA) is 42.7 Å². The Labute approximate surface area is 117 Å². The lowest BCUT2D eigenvalue weighted by molar-refractivity contribution is 0.684. The van der Waals surface area contributed by atoms with Crippen molar-refractivity contribution in [2.45, 2.75) is 42.4 Å². The van der Waals surface area contributed by atoms with Crippen LogP contribution in [0, 0.1) is 6.92 Å². The van der Waals surface area contributed by atoms with Crippen LogP contribution in [0.3, 0.4) is 0 Å². The van der Waals surface area contributed by atoms with Crippen molar-refractivity contribution < 1.29 is 0 Å². The molecule has 2 aromatic heterocycles. The van der Waals surface area contributed by atoms with Crippen molar-refractivity contribution >= 4 is 11.8 Å². The number of pyridine rings is 1. The third-order valence-electron chi connectivity index (χ3n) is 3.14. The molecule has 100 valence electrons. The minimum absolute atomic E-state index is 0.742. The molecule has 0 atom stereocenters. The molecule has 4 nitrogen and oxygen atoms in total.